The van der Waals surface area contributed by atoms with Crippen LogP contribution < -0.4 is 5.63 Å². The van der Waals surface area contributed by atoms with Crippen LogP contribution in [-0.2, 0) is 11.2 Å². The Hall–Kier alpha value is -2.80. The number of carbonyl (C=O) groups excluding carboxylic acids is 1. The summed E-state index contributed by atoms with van der Waals surface area (Å²) in [4.78, 5) is 31.1. The van der Waals surface area contributed by atoms with Crippen LogP contribution in [0.25, 0.3) is 11.0 Å². The molecule has 4 aliphatic rings. The van der Waals surface area contributed by atoms with E-state index in [0.29, 0.717) is 34.4 Å². The lowest BCUT2D eigenvalue weighted by Crippen LogP contribution is -2.60. The number of benzene rings is 1. The number of hydrogen-bond acceptors (Lipinski definition) is 6. The third-order valence-electron chi connectivity index (χ3n) is 8.71. The molecule has 2 bridgehead atoms. The molecule has 3 fully saturated rings. The summed E-state index contributed by atoms with van der Waals surface area (Å²) in [7, 11) is 0. The molecule has 3 aliphatic heterocycles. The number of aromatic hydroxyl groups is 2. The van der Waals surface area contributed by atoms with Crippen molar-refractivity contribution in [3.8, 4) is 11.5 Å². The highest BCUT2D eigenvalue weighted by Gasteiger charge is 2.46. The molecule has 2 aromatic rings. The highest BCUT2D eigenvalue weighted by molar-refractivity contribution is 5.89. The second kappa shape index (κ2) is 8.15. The number of likely N-dealkylation sites (tertiary alicyclic amines) is 1. The van der Waals surface area contributed by atoms with Gasteiger partial charge < -0.3 is 19.5 Å². The second-order valence-corrected chi connectivity index (χ2v) is 10.6. The van der Waals surface area contributed by atoms with Crippen molar-refractivity contribution in [2.45, 2.75) is 64.0 Å². The minimum Gasteiger partial charge on any atom is -0.504 e. The molecule has 4 atom stereocenters. The van der Waals surface area contributed by atoms with Gasteiger partial charge >= 0.3 is 5.63 Å². The molecule has 180 valence electrons. The number of phenolic OH excluding ortho intramolecular Hbond substituents is 2. The van der Waals surface area contributed by atoms with Crippen LogP contribution in [0.1, 0.15) is 49.7 Å². The molecule has 2 N–H and O–H groups in total. The normalized spacial score (nSPS) is 28.9. The quantitative estimate of drug-likeness (QED) is 0.402. The van der Waals surface area contributed by atoms with Crippen molar-refractivity contribution in [2.75, 3.05) is 19.6 Å². The van der Waals surface area contributed by atoms with Gasteiger partial charge in [0.05, 0.1) is 18.0 Å². The van der Waals surface area contributed by atoms with Crippen molar-refractivity contribution in [3.05, 3.63) is 45.3 Å². The highest BCUT2D eigenvalue weighted by Crippen LogP contribution is 2.45. The molecule has 1 amide bonds. The van der Waals surface area contributed by atoms with Gasteiger partial charge in [0, 0.05) is 24.5 Å². The van der Waals surface area contributed by atoms with E-state index < -0.39 is 11.4 Å². The predicted molar refractivity (Wildman–Crippen MR) is 128 cm³/mol. The summed E-state index contributed by atoms with van der Waals surface area (Å²) < 4.78 is 5.35. The Morgan fingerprint density at radius 1 is 1.18 bits per heavy atom. The van der Waals surface area contributed by atoms with Crippen LogP contribution in [0.4, 0.5) is 0 Å². The Morgan fingerprint density at radius 3 is 2.88 bits per heavy atom. The first-order valence-electron chi connectivity index (χ1n) is 12.6. The summed E-state index contributed by atoms with van der Waals surface area (Å²) in [6, 6.07) is 3.78. The number of phenols is 2. The van der Waals surface area contributed by atoms with Crippen molar-refractivity contribution in [3.63, 3.8) is 0 Å². The van der Waals surface area contributed by atoms with Crippen LogP contribution in [0.2, 0.25) is 0 Å². The minimum atomic E-state index is -0.635. The maximum atomic E-state index is 13.6. The summed E-state index contributed by atoms with van der Waals surface area (Å²) >= 11 is 0. The van der Waals surface area contributed by atoms with Crippen molar-refractivity contribution in [1.82, 2.24) is 9.80 Å². The fourth-order valence-corrected chi connectivity index (χ4v) is 7.14. The number of nitrogens with zero attached hydrogens (tertiary/aromatic N) is 2. The topological polar surface area (TPSA) is 94.2 Å². The molecule has 1 aliphatic carbocycles. The molecule has 3 saturated heterocycles. The maximum Gasteiger partial charge on any atom is 0.340 e. The van der Waals surface area contributed by atoms with Crippen LogP contribution in [0, 0.1) is 18.8 Å². The van der Waals surface area contributed by atoms with E-state index in [1.807, 2.05) is 4.90 Å². The van der Waals surface area contributed by atoms with Gasteiger partial charge in [-0.25, -0.2) is 4.79 Å². The summed E-state index contributed by atoms with van der Waals surface area (Å²) in [6.45, 7) is 4.72. The fraction of sp³-hybridized carbons (Fsp3) is 0.556. The third-order valence-corrected chi connectivity index (χ3v) is 8.71. The SMILES string of the molecule is Cc1c(CC(=O)N2CCCC3=C[C@H]4C[C@@H](CN5CCCC[C@H]45)[C@@H]32)c(=O)oc2c(O)c(O)ccc12. The van der Waals surface area contributed by atoms with Crippen LogP contribution >= 0.6 is 0 Å². The molecule has 4 heterocycles. The van der Waals surface area contributed by atoms with Crippen molar-refractivity contribution < 1.29 is 19.4 Å². The smallest absolute Gasteiger partial charge is 0.340 e. The molecule has 34 heavy (non-hydrogen) atoms. The average Bonchev–Trinajstić information content (AvgIpc) is 2.84. The molecule has 1 aromatic carbocycles. The summed E-state index contributed by atoms with van der Waals surface area (Å²) in [6.07, 6.45) is 9.53. The van der Waals surface area contributed by atoms with Crippen LogP contribution in [0.15, 0.2) is 33.0 Å². The van der Waals surface area contributed by atoms with Crippen LogP contribution in [0.3, 0.4) is 0 Å². The molecule has 0 saturated carbocycles. The Balaban J connectivity index is 1.31. The van der Waals surface area contributed by atoms with Crippen LogP contribution in [0.5, 0.6) is 11.5 Å². The Morgan fingerprint density at radius 2 is 2.03 bits per heavy atom. The van der Waals surface area contributed by atoms with E-state index >= 15 is 0 Å². The van der Waals surface area contributed by atoms with Gasteiger partial charge in [-0.3, -0.25) is 9.69 Å². The first-order valence-corrected chi connectivity index (χ1v) is 12.6. The van der Waals surface area contributed by atoms with Gasteiger partial charge in [-0.2, -0.15) is 0 Å². The van der Waals surface area contributed by atoms with E-state index in [4.69, 9.17) is 4.42 Å². The first-order chi connectivity index (χ1) is 16.4. The molecule has 7 nitrogen and oxygen atoms in total. The summed E-state index contributed by atoms with van der Waals surface area (Å²) in [5, 5.41) is 20.4. The number of fused-ring (bicyclic) bond motifs is 7. The Kier molecular flexibility index (Phi) is 5.21. The lowest BCUT2D eigenvalue weighted by atomic mass is 9.68. The fourth-order valence-electron chi connectivity index (χ4n) is 7.14. The van der Waals surface area contributed by atoms with E-state index in [1.165, 1.54) is 37.4 Å². The van der Waals surface area contributed by atoms with Gasteiger partial charge in [-0.05, 0) is 75.1 Å². The third kappa shape index (κ3) is 3.35. The standard InChI is InChI=1S/C27H32N2O5/c1-15-19-7-8-22(30)25(32)26(19)34-27(33)20(15)13-23(31)29-10-4-5-16-11-17-12-18(24(16)29)14-28-9-3-2-6-21(17)28/h7-8,11,17-18,21,24,30,32H,2-6,9-10,12-14H2,1H3/t17-,18-,21+,24+/m0/s1. The molecule has 7 heteroatoms. The average molecular weight is 465 g/mol. The van der Waals surface area contributed by atoms with E-state index in [2.05, 4.69) is 11.0 Å². The lowest BCUT2D eigenvalue weighted by molar-refractivity contribution is -0.135. The van der Waals surface area contributed by atoms with Crippen LogP contribution in [-0.4, -0.2) is 57.6 Å². The van der Waals surface area contributed by atoms with E-state index in [-0.39, 0.29) is 29.7 Å². The summed E-state index contributed by atoms with van der Waals surface area (Å²) in [5.41, 5.74) is 1.68. The second-order valence-electron chi connectivity index (χ2n) is 10.6. The Labute approximate surface area is 198 Å². The minimum absolute atomic E-state index is 0.0159. The first kappa shape index (κ1) is 21.7. The molecule has 1 aromatic heterocycles. The van der Waals surface area contributed by atoms with E-state index in [1.54, 1.807) is 13.0 Å². The predicted octanol–water partition coefficient (Wildman–Crippen LogP) is 3.48. The zero-order chi connectivity index (χ0) is 23.6. The molecule has 0 spiro atoms. The largest absolute Gasteiger partial charge is 0.504 e. The Bertz CT molecular complexity index is 1250. The van der Waals surface area contributed by atoms with Crippen molar-refractivity contribution >= 4 is 16.9 Å². The molecular formula is C27H32N2O5. The van der Waals surface area contributed by atoms with Gasteiger partial charge in [-0.1, -0.05) is 18.1 Å². The number of amides is 1. The van der Waals surface area contributed by atoms with Crippen molar-refractivity contribution in [2.24, 2.45) is 11.8 Å². The number of hydrogen-bond donors (Lipinski definition) is 2. The lowest BCUT2D eigenvalue weighted by Gasteiger charge is -2.54. The molecule has 0 unspecified atom stereocenters. The van der Waals surface area contributed by atoms with Gasteiger partial charge in [0.15, 0.2) is 11.3 Å². The van der Waals surface area contributed by atoms with E-state index in [0.717, 1.165) is 32.4 Å². The van der Waals surface area contributed by atoms with Gasteiger partial charge in [-0.15, -0.1) is 0 Å². The molecule has 6 rings (SSSR count). The monoisotopic (exact) mass is 464 g/mol. The zero-order valence-corrected chi connectivity index (χ0v) is 19.6. The number of piperidine rings is 3. The number of rotatable bonds is 2. The molecular weight excluding hydrogens is 432 g/mol. The number of carbonyl (C=O) groups is 1. The number of aryl methyl sites for hydroxylation is 1. The van der Waals surface area contributed by atoms with Gasteiger partial charge in [0.2, 0.25) is 11.7 Å². The van der Waals surface area contributed by atoms with Gasteiger partial charge in [0.25, 0.3) is 0 Å². The van der Waals surface area contributed by atoms with Gasteiger partial charge in [0.1, 0.15) is 0 Å². The van der Waals surface area contributed by atoms with E-state index in [9.17, 15) is 19.8 Å². The van der Waals surface area contributed by atoms with Crippen molar-refractivity contribution in [1.29, 1.82) is 0 Å². The highest BCUT2D eigenvalue weighted by atomic mass is 16.4. The molecule has 0 radical (unpaired) electrons. The summed E-state index contributed by atoms with van der Waals surface area (Å²) in [5.74, 6) is 0.237. The maximum absolute atomic E-state index is 13.6. The zero-order valence-electron chi connectivity index (χ0n) is 19.6.